The highest BCUT2D eigenvalue weighted by atomic mass is 15.3. The zero-order chi connectivity index (χ0) is 12.6. The van der Waals surface area contributed by atoms with Gasteiger partial charge in [-0.15, -0.1) is 0 Å². The van der Waals surface area contributed by atoms with E-state index in [-0.39, 0.29) is 6.04 Å². The summed E-state index contributed by atoms with van der Waals surface area (Å²) in [6.45, 7) is 4.10. The first-order chi connectivity index (χ1) is 7.99. The smallest absolute Gasteiger partial charge is 0.0629 e. The van der Waals surface area contributed by atoms with Crippen LogP contribution in [0.1, 0.15) is 28.6 Å². The highest BCUT2D eigenvalue weighted by Crippen LogP contribution is 2.20. The molecule has 2 heterocycles. The summed E-state index contributed by atoms with van der Waals surface area (Å²) in [5.74, 6) is 0. The van der Waals surface area contributed by atoms with E-state index in [1.54, 1.807) is 4.68 Å². The number of aromatic nitrogens is 4. The van der Waals surface area contributed by atoms with E-state index < -0.39 is 0 Å². The van der Waals surface area contributed by atoms with Gasteiger partial charge < -0.3 is 5.73 Å². The Kier molecular flexibility index (Phi) is 3.02. The summed E-state index contributed by atoms with van der Waals surface area (Å²) in [7, 11) is 3.86. The summed E-state index contributed by atoms with van der Waals surface area (Å²) >= 11 is 0. The number of nitrogens with zero attached hydrogens (tertiary/aromatic N) is 4. The number of hydrogen-bond donors (Lipinski definition) is 1. The Balaban J connectivity index is 2.21. The second-order valence-electron chi connectivity index (χ2n) is 4.53. The molecule has 5 heteroatoms. The Morgan fingerprint density at radius 2 is 2.06 bits per heavy atom. The van der Waals surface area contributed by atoms with E-state index >= 15 is 0 Å². The molecule has 92 valence electrons. The van der Waals surface area contributed by atoms with E-state index in [1.165, 1.54) is 11.3 Å². The first kappa shape index (κ1) is 11.9. The zero-order valence-corrected chi connectivity index (χ0v) is 10.8. The molecule has 0 spiro atoms. The average Bonchev–Trinajstić information content (AvgIpc) is 2.79. The molecule has 0 amide bonds. The average molecular weight is 233 g/mol. The van der Waals surface area contributed by atoms with Crippen molar-refractivity contribution in [2.24, 2.45) is 19.8 Å². The van der Waals surface area contributed by atoms with Crippen LogP contribution in [0, 0.1) is 13.8 Å². The van der Waals surface area contributed by atoms with Crippen molar-refractivity contribution in [3.63, 3.8) is 0 Å². The summed E-state index contributed by atoms with van der Waals surface area (Å²) in [5.41, 5.74) is 10.7. The van der Waals surface area contributed by atoms with Crippen molar-refractivity contribution in [3.05, 3.63) is 34.9 Å². The predicted molar refractivity (Wildman–Crippen MR) is 66.5 cm³/mol. The molecule has 2 N–H and O–H groups in total. The molecule has 0 aliphatic carbocycles. The van der Waals surface area contributed by atoms with Crippen LogP contribution in [-0.2, 0) is 20.5 Å². The van der Waals surface area contributed by atoms with Crippen LogP contribution >= 0.6 is 0 Å². The maximum Gasteiger partial charge on any atom is 0.0629 e. The molecule has 0 bridgehead atoms. The van der Waals surface area contributed by atoms with Crippen LogP contribution in [0.5, 0.6) is 0 Å². The van der Waals surface area contributed by atoms with Crippen molar-refractivity contribution in [2.45, 2.75) is 26.3 Å². The van der Waals surface area contributed by atoms with Crippen LogP contribution < -0.4 is 5.73 Å². The van der Waals surface area contributed by atoms with Crippen molar-refractivity contribution in [1.82, 2.24) is 19.6 Å². The predicted octanol–water partition coefficient (Wildman–Crippen LogP) is 1.01. The van der Waals surface area contributed by atoms with Gasteiger partial charge in [0.05, 0.1) is 11.9 Å². The van der Waals surface area contributed by atoms with Crippen LogP contribution in [0.2, 0.25) is 0 Å². The molecule has 1 unspecified atom stereocenters. The molecule has 2 aromatic rings. The third kappa shape index (κ3) is 2.24. The van der Waals surface area contributed by atoms with Gasteiger partial charge in [-0.25, -0.2) is 0 Å². The maximum atomic E-state index is 6.20. The summed E-state index contributed by atoms with van der Waals surface area (Å²) < 4.78 is 3.68. The molecule has 0 aliphatic rings. The fourth-order valence-electron chi connectivity index (χ4n) is 2.08. The third-order valence-electron chi connectivity index (χ3n) is 3.24. The number of rotatable bonds is 3. The van der Waals surface area contributed by atoms with Gasteiger partial charge in [-0.05, 0) is 25.8 Å². The molecular formula is C12H19N5. The van der Waals surface area contributed by atoms with Crippen molar-refractivity contribution in [1.29, 1.82) is 0 Å². The van der Waals surface area contributed by atoms with Gasteiger partial charge in [0.25, 0.3) is 0 Å². The summed E-state index contributed by atoms with van der Waals surface area (Å²) in [4.78, 5) is 0. The molecule has 17 heavy (non-hydrogen) atoms. The minimum atomic E-state index is -0.0229. The van der Waals surface area contributed by atoms with Gasteiger partial charge in [0.15, 0.2) is 0 Å². The fraction of sp³-hybridized carbons (Fsp3) is 0.500. The molecular weight excluding hydrogens is 214 g/mol. The van der Waals surface area contributed by atoms with Crippen molar-refractivity contribution in [3.8, 4) is 0 Å². The second-order valence-corrected chi connectivity index (χ2v) is 4.53. The Bertz CT molecular complexity index is 523. The fourth-order valence-corrected chi connectivity index (χ4v) is 2.08. The van der Waals surface area contributed by atoms with E-state index in [2.05, 4.69) is 17.1 Å². The van der Waals surface area contributed by atoms with E-state index in [4.69, 9.17) is 5.73 Å². The lowest BCUT2D eigenvalue weighted by atomic mass is 10.0. The van der Waals surface area contributed by atoms with Crippen molar-refractivity contribution >= 4 is 0 Å². The van der Waals surface area contributed by atoms with Gasteiger partial charge in [0, 0.05) is 37.6 Å². The lowest BCUT2D eigenvalue weighted by Crippen LogP contribution is -2.13. The van der Waals surface area contributed by atoms with Gasteiger partial charge in [-0.3, -0.25) is 9.36 Å². The highest BCUT2D eigenvalue weighted by molar-refractivity contribution is 5.27. The first-order valence-corrected chi connectivity index (χ1v) is 5.72. The Morgan fingerprint density at radius 1 is 1.35 bits per heavy atom. The molecule has 0 saturated heterocycles. The molecule has 0 fully saturated rings. The normalized spacial score (nSPS) is 13.0. The van der Waals surface area contributed by atoms with Gasteiger partial charge in [0.2, 0.25) is 0 Å². The maximum absolute atomic E-state index is 6.20. The molecule has 2 rings (SSSR count). The van der Waals surface area contributed by atoms with Gasteiger partial charge >= 0.3 is 0 Å². The zero-order valence-electron chi connectivity index (χ0n) is 10.8. The SMILES string of the molecule is Cc1nn(C)c(C)c1CC(N)c1cnn(C)c1. The van der Waals surface area contributed by atoms with Crippen LogP contribution in [0.4, 0.5) is 0 Å². The molecule has 0 aliphatic heterocycles. The number of nitrogens with two attached hydrogens (primary N) is 1. The standard InChI is InChI=1S/C12H19N5/c1-8-11(9(2)17(4)15-8)5-12(13)10-6-14-16(3)7-10/h6-7,12H,5,13H2,1-4H3. The topological polar surface area (TPSA) is 61.7 Å². The lowest BCUT2D eigenvalue weighted by molar-refractivity contribution is 0.704. The highest BCUT2D eigenvalue weighted by Gasteiger charge is 2.15. The number of aryl methyl sites for hydroxylation is 3. The largest absolute Gasteiger partial charge is 0.324 e. The van der Waals surface area contributed by atoms with Crippen LogP contribution in [-0.4, -0.2) is 19.6 Å². The lowest BCUT2D eigenvalue weighted by Gasteiger charge is -2.09. The molecule has 5 nitrogen and oxygen atoms in total. The van der Waals surface area contributed by atoms with Crippen LogP contribution in [0.15, 0.2) is 12.4 Å². The van der Waals surface area contributed by atoms with E-state index in [1.807, 2.05) is 38.1 Å². The Hall–Kier alpha value is -1.62. The number of hydrogen-bond acceptors (Lipinski definition) is 3. The van der Waals surface area contributed by atoms with Crippen molar-refractivity contribution in [2.75, 3.05) is 0 Å². The summed E-state index contributed by atoms with van der Waals surface area (Å²) in [6, 6.07) is -0.0229. The van der Waals surface area contributed by atoms with Crippen LogP contribution in [0.3, 0.4) is 0 Å². The third-order valence-corrected chi connectivity index (χ3v) is 3.24. The van der Waals surface area contributed by atoms with Crippen LogP contribution in [0.25, 0.3) is 0 Å². The quantitative estimate of drug-likeness (QED) is 0.860. The van der Waals surface area contributed by atoms with Gasteiger partial charge in [0.1, 0.15) is 0 Å². The summed E-state index contributed by atoms with van der Waals surface area (Å²) in [6.07, 6.45) is 4.59. The van der Waals surface area contributed by atoms with Crippen molar-refractivity contribution < 1.29 is 0 Å². The van der Waals surface area contributed by atoms with E-state index in [0.29, 0.717) is 0 Å². The Labute approximate surface area is 101 Å². The minimum absolute atomic E-state index is 0.0229. The first-order valence-electron chi connectivity index (χ1n) is 5.72. The second kappa shape index (κ2) is 4.33. The minimum Gasteiger partial charge on any atom is -0.324 e. The summed E-state index contributed by atoms with van der Waals surface area (Å²) in [5, 5.41) is 8.55. The Morgan fingerprint density at radius 3 is 2.53 bits per heavy atom. The van der Waals surface area contributed by atoms with E-state index in [0.717, 1.165) is 17.7 Å². The van der Waals surface area contributed by atoms with Gasteiger partial charge in [-0.1, -0.05) is 0 Å². The van der Waals surface area contributed by atoms with Gasteiger partial charge in [-0.2, -0.15) is 10.2 Å². The monoisotopic (exact) mass is 233 g/mol. The molecule has 0 radical (unpaired) electrons. The molecule has 1 atom stereocenters. The van der Waals surface area contributed by atoms with E-state index in [9.17, 15) is 0 Å². The molecule has 0 aromatic carbocycles. The molecule has 0 saturated carbocycles. The molecule has 2 aromatic heterocycles.